The number of hydrogen-bond donors (Lipinski definition) is 1. The molecule has 0 aliphatic carbocycles. The van der Waals surface area contributed by atoms with Gasteiger partial charge in [-0.1, -0.05) is 12.1 Å². The fourth-order valence-corrected chi connectivity index (χ4v) is 4.33. The van der Waals surface area contributed by atoms with Crippen molar-refractivity contribution in [2.45, 2.75) is 38.3 Å². The van der Waals surface area contributed by atoms with Gasteiger partial charge in [-0.15, -0.1) is 0 Å². The zero-order valence-electron chi connectivity index (χ0n) is 16.6. The van der Waals surface area contributed by atoms with Crippen molar-refractivity contribution in [1.29, 1.82) is 0 Å². The number of ether oxygens (including phenoxy) is 1. The smallest absolute Gasteiger partial charge is 0.224 e. The van der Waals surface area contributed by atoms with Gasteiger partial charge in [0, 0.05) is 38.3 Å². The maximum Gasteiger partial charge on any atom is 0.224 e. The highest BCUT2D eigenvalue weighted by atomic mass is 19.2. The lowest BCUT2D eigenvalue weighted by atomic mass is 9.93. The SMILES string of the molecule is COCCNC(=O)[C@@H]1CCCN(C2CCN(Cc3cccc(F)c3F)CC2)C1. The molecule has 0 bridgehead atoms. The Morgan fingerprint density at radius 3 is 2.75 bits per heavy atom. The van der Waals surface area contributed by atoms with E-state index in [1.54, 1.807) is 19.2 Å². The summed E-state index contributed by atoms with van der Waals surface area (Å²) in [5.41, 5.74) is 0.421. The van der Waals surface area contributed by atoms with Crippen LogP contribution < -0.4 is 5.32 Å². The quantitative estimate of drug-likeness (QED) is 0.720. The number of hydrogen-bond acceptors (Lipinski definition) is 4. The fourth-order valence-electron chi connectivity index (χ4n) is 4.33. The third-order valence-electron chi connectivity index (χ3n) is 5.93. The van der Waals surface area contributed by atoms with Gasteiger partial charge in [0.15, 0.2) is 11.6 Å². The maximum absolute atomic E-state index is 13.9. The van der Waals surface area contributed by atoms with Crippen molar-refractivity contribution in [3.63, 3.8) is 0 Å². The number of benzene rings is 1. The van der Waals surface area contributed by atoms with Crippen LogP contribution in [0.1, 0.15) is 31.2 Å². The molecule has 1 atom stereocenters. The summed E-state index contributed by atoms with van der Waals surface area (Å²) in [6.45, 7) is 5.10. The number of nitrogens with one attached hydrogen (secondary N) is 1. The Hall–Kier alpha value is -1.57. The Balaban J connectivity index is 1.46. The average Bonchev–Trinajstić information content (AvgIpc) is 2.72. The van der Waals surface area contributed by atoms with Crippen molar-refractivity contribution in [3.8, 4) is 0 Å². The van der Waals surface area contributed by atoms with Crippen molar-refractivity contribution in [2.24, 2.45) is 5.92 Å². The van der Waals surface area contributed by atoms with Gasteiger partial charge in [-0.25, -0.2) is 8.78 Å². The second-order valence-corrected chi connectivity index (χ2v) is 7.84. The van der Waals surface area contributed by atoms with E-state index in [9.17, 15) is 13.6 Å². The number of halogens is 2. The number of likely N-dealkylation sites (tertiary alicyclic amines) is 2. The highest BCUT2D eigenvalue weighted by Crippen LogP contribution is 2.25. The number of carbonyl (C=O) groups excluding carboxylic acids is 1. The molecule has 1 N–H and O–H groups in total. The molecule has 0 radical (unpaired) electrons. The second kappa shape index (κ2) is 10.3. The summed E-state index contributed by atoms with van der Waals surface area (Å²) in [7, 11) is 1.63. The molecule has 0 spiro atoms. The van der Waals surface area contributed by atoms with Gasteiger partial charge in [-0.2, -0.15) is 0 Å². The largest absolute Gasteiger partial charge is 0.383 e. The Kier molecular flexibility index (Phi) is 7.76. The van der Waals surface area contributed by atoms with Crippen LogP contribution in [0.25, 0.3) is 0 Å². The van der Waals surface area contributed by atoms with Crippen LogP contribution in [0.2, 0.25) is 0 Å². The summed E-state index contributed by atoms with van der Waals surface area (Å²) < 4.78 is 32.3. The van der Waals surface area contributed by atoms with E-state index in [4.69, 9.17) is 4.74 Å². The average molecular weight is 395 g/mol. The molecule has 28 heavy (non-hydrogen) atoms. The number of piperidine rings is 2. The van der Waals surface area contributed by atoms with Crippen molar-refractivity contribution >= 4 is 5.91 Å². The first-order valence-corrected chi connectivity index (χ1v) is 10.2. The molecule has 2 aliphatic rings. The third-order valence-corrected chi connectivity index (χ3v) is 5.93. The first-order chi connectivity index (χ1) is 13.6. The van der Waals surface area contributed by atoms with E-state index < -0.39 is 11.6 Å². The molecule has 2 heterocycles. The molecule has 0 saturated carbocycles. The summed E-state index contributed by atoms with van der Waals surface area (Å²) in [4.78, 5) is 17.0. The Bertz CT molecular complexity index is 651. The number of methoxy groups -OCH3 is 1. The van der Waals surface area contributed by atoms with Gasteiger partial charge >= 0.3 is 0 Å². The van der Waals surface area contributed by atoms with Crippen LogP contribution in [0.3, 0.4) is 0 Å². The summed E-state index contributed by atoms with van der Waals surface area (Å²) in [5, 5.41) is 2.96. The van der Waals surface area contributed by atoms with E-state index in [2.05, 4.69) is 15.1 Å². The van der Waals surface area contributed by atoms with E-state index >= 15 is 0 Å². The summed E-state index contributed by atoms with van der Waals surface area (Å²) >= 11 is 0. The van der Waals surface area contributed by atoms with Gasteiger partial charge in [0.05, 0.1) is 12.5 Å². The van der Waals surface area contributed by atoms with Crippen molar-refractivity contribution in [2.75, 3.05) is 46.4 Å². The molecule has 1 aromatic rings. The molecule has 0 aromatic heterocycles. The van der Waals surface area contributed by atoms with E-state index in [1.807, 2.05) is 0 Å². The molecule has 2 saturated heterocycles. The van der Waals surface area contributed by atoms with Gasteiger partial charge in [0.25, 0.3) is 0 Å². The van der Waals surface area contributed by atoms with Gasteiger partial charge in [-0.05, 0) is 51.4 Å². The molecule has 1 amide bonds. The molecule has 2 aliphatic heterocycles. The minimum absolute atomic E-state index is 0.0463. The highest BCUT2D eigenvalue weighted by Gasteiger charge is 2.31. The molecule has 5 nitrogen and oxygen atoms in total. The summed E-state index contributed by atoms with van der Waals surface area (Å²) in [6.07, 6.45) is 3.97. The van der Waals surface area contributed by atoms with E-state index in [0.29, 0.717) is 31.3 Å². The summed E-state index contributed by atoms with van der Waals surface area (Å²) in [5.74, 6) is -1.34. The number of rotatable bonds is 7. The van der Waals surface area contributed by atoms with Crippen LogP contribution in [-0.4, -0.2) is 68.2 Å². The molecular weight excluding hydrogens is 364 g/mol. The molecule has 156 valence electrons. The van der Waals surface area contributed by atoms with E-state index in [0.717, 1.165) is 57.9 Å². The lowest BCUT2D eigenvalue weighted by Gasteiger charge is -2.42. The Labute approximate surface area is 166 Å². The normalized spacial score (nSPS) is 22.3. The number of amides is 1. The molecule has 1 aromatic carbocycles. The van der Waals surface area contributed by atoms with Gasteiger partial charge in [0.1, 0.15) is 0 Å². The van der Waals surface area contributed by atoms with Crippen LogP contribution >= 0.6 is 0 Å². The van der Waals surface area contributed by atoms with E-state index in [1.165, 1.54) is 0 Å². The minimum Gasteiger partial charge on any atom is -0.383 e. The van der Waals surface area contributed by atoms with Crippen molar-refractivity contribution in [3.05, 3.63) is 35.4 Å². The first kappa shape index (κ1) is 21.1. The van der Waals surface area contributed by atoms with Crippen LogP contribution in [0, 0.1) is 17.6 Å². The van der Waals surface area contributed by atoms with Gasteiger partial charge < -0.3 is 10.1 Å². The molecule has 7 heteroatoms. The van der Waals surface area contributed by atoms with Crippen LogP contribution in [0.4, 0.5) is 8.78 Å². The zero-order valence-corrected chi connectivity index (χ0v) is 16.6. The molecular formula is C21H31F2N3O2. The first-order valence-electron chi connectivity index (χ1n) is 10.2. The fraction of sp³-hybridized carbons (Fsp3) is 0.667. The molecule has 3 rings (SSSR count). The predicted octanol–water partition coefficient (Wildman–Crippen LogP) is 2.40. The van der Waals surface area contributed by atoms with Crippen LogP contribution in [0.5, 0.6) is 0 Å². The number of nitrogens with zero attached hydrogens (tertiary/aromatic N) is 2. The number of carbonyl (C=O) groups is 1. The highest BCUT2D eigenvalue weighted by molar-refractivity contribution is 5.78. The topological polar surface area (TPSA) is 44.8 Å². The Morgan fingerprint density at radius 2 is 2.00 bits per heavy atom. The monoisotopic (exact) mass is 395 g/mol. The predicted molar refractivity (Wildman–Crippen MR) is 104 cm³/mol. The standard InChI is InChI=1S/C21H31F2N3O2/c1-28-13-9-24-21(27)17-5-3-10-26(15-17)18-7-11-25(12-8-18)14-16-4-2-6-19(22)20(16)23/h2,4,6,17-18H,3,5,7-15H2,1H3,(H,24,27)/t17-/m1/s1. The minimum atomic E-state index is -0.782. The molecule has 2 fully saturated rings. The lowest BCUT2D eigenvalue weighted by Crippen LogP contribution is -2.50. The Morgan fingerprint density at radius 1 is 1.21 bits per heavy atom. The van der Waals surface area contributed by atoms with Crippen molar-refractivity contribution < 1.29 is 18.3 Å². The van der Waals surface area contributed by atoms with Crippen LogP contribution in [-0.2, 0) is 16.1 Å². The van der Waals surface area contributed by atoms with Gasteiger partial charge in [-0.3, -0.25) is 14.6 Å². The molecule has 0 unspecified atom stereocenters. The zero-order chi connectivity index (χ0) is 19.9. The van der Waals surface area contributed by atoms with Gasteiger partial charge in [0.2, 0.25) is 5.91 Å². The van der Waals surface area contributed by atoms with Crippen molar-refractivity contribution in [1.82, 2.24) is 15.1 Å². The third kappa shape index (κ3) is 5.49. The summed E-state index contributed by atoms with van der Waals surface area (Å²) in [6, 6.07) is 4.83. The maximum atomic E-state index is 13.9. The second-order valence-electron chi connectivity index (χ2n) is 7.84. The van der Waals surface area contributed by atoms with E-state index in [-0.39, 0.29) is 11.8 Å². The lowest BCUT2D eigenvalue weighted by molar-refractivity contribution is -0.127. The van der Waals surface area contributed by atoms with Crippen LogP contribution in [0.15, 0.2) is 18.2 Å².